The summed E-state index contributed by atoms with van der Waals surface area (Å²) in [5, 5.41) is 3.63. The molecule has 31 heavy (non-hydrogen) atoms. The van der Waals surface area contributed by atoms with Crippen molar-refractivity contribution in [2.45, 2.75) is 13.1 Å². The number of amides is 1. The second kappa shape index (κ2) is 8.79. The standard InChI is InChI=1S/C23H17Cl2N3O3/c24-16-6-9-18(10-7-16)26-21(29)14-28-20-12-17(25)8-11-19(20)27(22(30)23(28)31)13-15-4-2-1-3-5-15/h1-12H,13-14H2,(H,26,29). The van der Waals surface area contributed by atoms with Crippen molar-refractivity contribution in [1.29, 1.82) is 0 Å². The number of fused-ring (bicyclic) bond motifs is 1. The van der Waals surface area contributed by atoms with Crippen molar-refractivity contribution in [2.75, 3.05) is 5.32 Å². The first-order valence-corrected chi connectivity index (χ1v) is 10.2. The Morgan fingerprint density at radius 2 is 1.42 bits per heavy atom. The zero-order valence-electron chi connectivity index (χ0n) is 16.2. The molecule has 3 aromatic carbocycles. The molecule has 1 heterocycles. The van der Waals surface area contributed by atoms with Gasteiger partial charge in [-0.25, -0.2) is 0 Å². The molecule has 0 unspecified atom stereocenters. The quantitative estimate of drug-likeness (QED) is 0.461. The van der Waals surface area contributed by atoms with E-state index in [4.69, 9.17) is 23.2 Å². The summed E-state index contributed by atoms with van der Waals surface area (Å²) in [7, 11) is 0. The Morgan fingerprint density at radius 1 is 0.774 bits per heavy atom. The Kier molecular flexibility index (Phi) is 5.93. The number of hydrogen-bond acceptors (Lipinski definition) is 3. The summed E-state index contributed by atoms with van der Waals surface area (Å²) in [4.78, 5) is 38.4. The molecule has 0 saturated carbocycles. The van der Waals surface area contributed by atoms with Crippen molar-refractivity contribution in [3.05, 3.63) is 109 Å². The highest BCUT2D eigenvalue weighted by molar-refractivity contribution is 6.31. The van der Waals surface area contributed by atoms with Gasteiger partial charge in [0, 0.05) is 15.7 Å². The van der Waals surface area contributed by atoms with E-state index < -0.39 is 17.0 Å². The first-order valence-electron chi connectivity index (χ1n) is 9.44. The normalized spacial score (nSPS) is 10.9. The van der Waals surface area contributed by atoms with E-state index in [0.717, 1.165) is 10.1 Å². The number of anilines is 1. The zero-order valence-corrected chi connectivity index (χ0v) is 17.7. The average Bonchev–Trinajstić information content (AvgIpc) is 2.76. The van der Waals surface area contributed by atoms with Crippen LogP contribution in [0.3, 0.4) is 0 Å². The second-order valence-electron chi connectivity index (χ2n) is 6.96. The lowest BCUT2D eigenvalue weighted by atomic mass is 10.2. The van der Waals surface area contributed by atoms with Gasteiger partial charge in [-0.2, -0.15) is 0 Å². The van der Waals surface area contributed by atoms with E-state index in [9.17, 15) is 14.4 Å². The van der Waals surface area contributed by atoms with E-state index in [2.05, 4.69) is 5.32 Å². The third kappa shape index (κ3) is 4.55. The van der Waals surface area contributed by atoms with E-state index in [1.807, 2.05) is 30.3 Å². The molecule has 6 nitrogen and oxygen atoms in total. The minimum atomic E-state index is -0.794. The molecule has 0 radical (unpaired) electrons. The first kappa shape index (κ1) is 20.9. The molecule has 0 aliphatic heterocycles. The Balaban J connectivity index is 1.76. The van der Waals surface area contributed by atoms with E-state index in [1.165, 1.54) is 4.57 Å². The van der Waals surface area contributed by atoms with Crippen LogP contribution in [0.5, 0.6) is 0 Å². The van der Waals surface area contributed by atoms with Crippen LogP contribution in [0, 0.1) is 0 Å². The van der Waals surface area contributed by atoms with Crippen LogP contribution in [-0.4, -0.2) is 15.0 Å². The number of nitrogens with one attached hydrogen (secondary N) is 1. The highest BCUT2D eigenvalue weighted by Gasteiger charge is 2.16. The summed E-state index contributed by atoms with van der Waals surface area (Å²) in [6.45, 7) is -0.107. The summed E-state index contributed by atoms with van der Waals surface area (Å²) < 4.78 is 2.55. The Morgan fingerprint density at radius 3 is 2.13 bits per heavy atom. The molecule has 0 fully saturated rings. The Hall–Kier alpha value is -3.35. The molecule has 4 aromatic rings. The summed E-state index contributed by atoms with van der Waals surface area (Å²) in [5.74, 6) is -0.453. The predicted molar refractivity (Wildman–Crippen MR) is 123 cm³/mol. The molecule has 156 valence electrons. The lowest BCUT2D eigenvalue weighted by Gasteiger charge is -2.15. The fourth-order valence-electron chi connectivity index (χ4n) is 3.35. The average molecular weight is 454 g/mol. The maximum absolute atomic E-state index is 12.9. The number of benzene rings is 3. The van der Waals surface area contributed by atoms with Gasteiger partial charge >= 0.3 is 11.1 Å². The lowest BCUT2D eigenvalue weighted by Crippen LogP contribution is -2.43. The molecule has 0 aliphatic carbocycles. The van der Waals surface area contributed by atoms with E-state index in [0.29, 0.717) is 26.8 Å². The van der Waals surface area contributed by atoms with Gasteiger partial charge in [0.15, 0.2) is 0 Å². The third-order valence-electron chi connectivity index (χ3n) is 4.81. The number of carbonyl (C=O) groups excluding carboxylic acids is 1. The number of aromatic nitrogens is 2. The molecule has 1 amide bonds. The Bertz CT molecular complexity index is 1380. The van der Waals surface area contributed by atoms with Gasteiger partial charge in [-0.1, -0.05) is 53.5 Å². The van der Waals surface area contributed by atoms with Gasteiger partial charge < -0.3 is 5.32 Å². The van der Waals surface area contributed by atoms with Crippen LogP contribution in [0.1, 0.15) is 5.56 Å². The van der Waals surface area contributed by atoms with Crippen LogP contribution in [0.2, 0.25) is 10.0 Å². The van der Waals surface area contributed by atoms with Crippen molar-refractivity contribution >= 4 is 45.8 Å². The van der Waals surface area contributed by atoms with Crippen molar-refractivity contribution in [2.24, 2.45) is 0 Å². The second-order valence-corrected chi connectivity index (χ2v) is 7.83. The van der Waals surface area contributed by atoms with E-state index >= 15 is 0 Å². The molecule has 0 spiro atoms. The fraction of sp³-hybridized carbons (Fsp3) is 0.0870. The van der Waals surface area contributed by atoms with Gasteiger partial charge in [0.25, 0.3) is 0 Å². The molecule has 0 saturated heterocycles. The summed E-state index contributed by atoms with van der Waals surface area (Å²) in [6, 6.07) is 20.8. The van der Waals surface area contributed by atoms with Gasteiger partial charge in [0.05, 0.1) is 17.6 Å². The molecule has 0 aliphatic rings. The summed E-state index contributed by atoms with van der Waals surface area (Å²) in [6.07, 6.45) is 0. The highest BCUT2D eigenvalue weighted by Crippen LogP contribution is 2.19. The van der Waals surface area contributed by atoms with Crippen LogP contribution in [-0.2, 0) is 17.9 Å². The number of rotatable bonds is 5. The van der Waals surface area contributed by atoms with Gasteiger partial charge in [-0.15, -0.1) is 0 Å². The van der Waals surface area contributed by atoms with Gasteiger partial charge in [0.2, 0.25) is 5.91 Å². The number of hydrogen-bond donors (Lipinski definition) is 1. The van der Waals surface area contributed by atoms with Crippen LogP contribution < -0.4 is 16.4 Å². The minimum absolute atomic E-state index is 0.227. The van der Waals surface area contributed by atoms with Crippen molar-refractivity contribution < 1.29 is 4.79 Å². The number of carbonyl (C=O) groups is 1. The van der Waals surface area contributed by atoms with Gasteiger partial charge in [0.1, 0.15) is 6.54 Å². The lowest BCUT2D eigenvalue weighted by molar-refractivity contribution is -0.116. The smallest absolute Gasteiger partial charge is 0.317 e. The van der Waals surface area contributed by atoms with Crippen LogP contribution in [0.4, 0.5) is 5.69 Å². The van der Waals surface area contributed by atoms with Gasteiger partial charge in [-0.3, -0.25) is 23.5 Å². The van der Waals surface area contributed by atoms with Crippen molar-refractivity contribution in [3.63, 3.8) is 0 Å². The van der Waals surface area contributed by atoms with E-state index in [-0.39, 0.29) is 13.1 Å². The predicted octanol–water partition coefficient (Wildman–Crippen LogP) is 4.16. The SMILES string of the molecule is O=C(Cn1c(=O)c(=O)n(Cc2ccccc2)c2ccc(Cl)cc21)Nc1ccc(Cl)cc1. The summed E-state index contributed by atoms with van der Waals surface area (Å²) >= 11 is 12.0. The van der Waals surface area contributed by atoms with Crippen LogP contribution >= 0.6 is 23.2 Å². The molecule has 1 aromatic heterocycles. The van der Waals surface area contributed by atoms with Gasteiger partial charge in [-0.05, 0) is 48.0 Å². The number of nitrogens with zero attached hydrogens (tertiary/aromatic N) is 2. The van der Waals surface area contributed by atoms with Crippen LogP contribution in [0.25, 0.3) is 11.0 Å². The molecule has 0 bridgehead atoms. The van der Waals surface area contributed by atoms with Crippen molar-refractivity contribution in [3.8, 4) is 0 Å². The highest BCUT2D eigenvalue weighted by atomic mass is 35.5. The number of halogens is 2. The Labute approximate surface area is 187 Å². The van der Waals surface area contributed by atoms with E-state index in [1.54, 1.807) is 42.5 Å². The first-order chi connectivity index (χ1) is 14.9. The molecular formula is C23H17Cl2N3O3. The van der Waals surface area contributed by atoms with Crippen molar-refractivity contribution in [1.82, 2.24) is 9.13 Å². The summed E-state index contributed by atoms with van der Waals surface area (Å²) in [5.41, 5.74) is 0.812. The maximum Gasteiger partial charge on any atom is 0.317 e. The molecule has 8 heteroatoms. The zero-order chi connectivity index (χ0) is 22.0. The maximum atomic E-state index is 12.9. The monoisotopic (exact) mass is 453 g/mol. The molecule has 4 rings (SSSR count). The largest absolute Gasteiger partial charge is 0.325 e. The molecular weight excluding hydrogens is 437 g/mol. The molecule has 1 N–H and O–H groups in total. The van der Waals surface area contributed by atoms with Crippen LogP contribution in [0.15, 0.2) is 82.4 Å². The minimum Gasteiger partial charge on any atom is -0.325 e. The fourth-order valence-corrected chi connectivity index (χ4v) is 3.64. The molecule has 0 atom stereocenters. The topological polar surface area (TPSA) is 73.1 Å². The third-order valence-corrected chi connectivity index (χ3v) is 5.29.